The van der Waals surface area contributed by atoms with E-state index in [1.165, 1.54) is 7.05 Å². The van der Waals surface area contributed by atoms with Crippen molar-refractivity contribution in [2.45, 2.75) is 18.8 Å². The van der Waals surface area contributed by atoms with Crippen LogP contribution in [0.25, 0.3) is 0 Å². The molecule has 8 nitrogen and oxygen atoms in total. The van der Waals surface area contributed by atoms with Crippen molar-refractivity contribution in [2.75, 3.05) is 30.9 Å². The van der Waals surface area contributed by atoms with Crippen molar-refractivity contribution in [1.29, 1.82) is 0 Å². The van der Waals surface area contributed by atoms with Crippen LogP contribution in [-0.2, 0) is 24.1 Å². The Morgan fingerprint density at radius 2 is 2.00 bits per heavy atom. The lowest BCUT2D eigenvalue weighted by molar-refractivity contribution is -0.141. The summed E-state index contributed by atoms with van der Waals surface area (Å²) in [5, 5.41) is 5.64. The molecule has 0 aliphatic carbocycles. The molecule has 0 saturated carbocycles. The first-order valence-corrected chi connectivity index (χ1v) is 8.28. The van der Waals surface area contributed by atoms with E-state index in [2.05, 4.69) is 20.4 Å². The van der Waals surface area contributed by atoms with Gasteiger partial charge in [-0.15, -0.1) is 0 Å². The van der Waals surface area contributed by atoms with Gasteiger partial charge in [0.2, 0.25) is 11.8 Å². The summed E-state index contributed by atoms with van der Waals surface area (Å²) in [5.74, 6) is -1.78. The van der Waals surface area contributed by atoms with Gasteiger partial charge in [-0.05, 0) is 6.42 Å². The van der Waals surface area contributed by atoms with Gasteiger partial charge in [-0.3, -0.25) is 0 Å². The Balaban J connectivity index is 1.92. The predicted octanol–water partition coefficient (Wildman–Crippen LogP) is 2.99. The van der Waals surface area contributed by atoms with Crippen molar-refractivity contribution in [3.05, 3.63) is 17.5 Å². The van der Waals surface area contributed by atoms with Gasteiger partial charge in [0.25, 0.3) is 0 Å². The van der Waals surface area contributed by atoms with Crippen LogP contribution >= 0.6 is 0 Å². The molecular formula is C15H16F6N6O2. The highest BCUT2D eigenvalue weighted by molar-refractivity contribution is 5.65. The number of anilines is 3. The van der Waals surface area contributed by atoms with Gasteiger partial charge in [-0.1, -0.05) is 0 Å². The fourth-order valence-corrected chi connectivity index (χ4v) is 2.68. The average molecular weight is 426 g/mol. The third-order valence-corrected chi connectivity index (χ3v) is 4.10. The van der Waals surface area contributed by atoms with Gasteiger partial charge in [0.15, 0.2) is 5.69 Å². The van der Waals surface area contributed by atoms with E-state index in [0.717, 1.165) is 4.68 Å². The van der Waals surface area contributed by atoms with Crippen LogP contribution in [0.15, 0.2) is 6.20 Å². The Labute approximate surface area is 160 Å². The Morgan fingerprint density at radius 1 is 1.28 bits per heavy atom. The molecule has 29 heavy (non-hydrogen) atoms. The van der Waals surface area contributed by atoms with E-state index in [4.69, 9.17) is 15.2 Å². The number of halogens is 6. The van der Waals surface area contributed by atoms with Crippen LogP contribution in [0.2, 0.25) is 0 Å². The summed E-state index contributed by atoms with van der Waals surface area (Å²) < 4.78 is 90.0. The van der Waals surface area contributed by atoms with E-state index in [1.807, 2.05) is 0 Å². The molecule has 14 heteroatoms. The molecular weight excluding hydrogens is 410 g/mol. The molecule has 3 rings (SSSR count). The number of ether oxygens (including phenoxy) is 2. The molecule has 0 aromatic carbocycles. The van der Waals surface area contributed by atoms with Crippen LogP contribution in [0.1, 0.15) is 17.7 Å². The largest absolute Gasteiger partial charge is 0.476 e. The van der Waals surface area contributed by atoms with Gasteiger partial charge in [0.1, 0.15) is 17.1 Å². The lowest BCUT2D eigenvalue weighted by Gasteiger charge is -2.14. The average Bonchev–Trinajstić information content (AvgIpc) is 3.20. The molecule has 0 bridgehead atoms. The number of nitrogens with two attached hydrogens (primary N) is 1. The summed E-state index contributed by atoms with van der Waals surface area (Å²) in [6, 6.07) is 0. The van der Waals surface area contributed by atoms with Crippen molar-refractivity contribution in [2.24, 2.45) is 13.0 Å². The summed E-state index contributed by atoms with van der Waals surface area (Å²) in [6.07, 6.45) is -8.60. The maximum atomic E-state index is 13.4. The van der Waals surface area contributed by atoms with Gasteiger partial charge in [-0.25, -0.2) is 9.67 Å². The standard InChI is InChI=1S/C15H16F6N6O2/c1-27-12(29-6-7-2-3-28-5-7)9(10(26-27)15(19,20)21)24-13-23-4-8(11(22)25-13)14(16,17)18/h4,7H,2-3,5-6H2,1H3,(H3,22,23,24,25). The maximum Gasteiger partial charge on any atom is 0.437 e. The number of nitrogens with zero attached hydrogens (tertiary/aromatic N) is 4. The summed E-state index contributed by atoms with van der Waals surface area (Å²) in [4.78, 5) is 6.81. The number of hydrogen-bond acceptors (Lipinski definition) is 7. The van der Waals surface area contributed by atoms with E-state index in [1.54, 1.807) is 0 Å². The van der Waals surface area contributed by atoms with E-state index in [-0.39, 0.29) is 18.4 Å². The van der Waals surface area contributed by atoms with Crippen LogP contribution in [0, 0.1) is 5.92 Å². The molecule has 1 fully saturated rings. The highest BCUT2D eigenvalue weighted by Gasteiger charge is 2.41. The van der Waals surface area contributed by atoms with Crippen molar-refractivity contribution in [1.82, 2.24) is 19.7 Å². The molecule has 0 amide bonds. The molecule has 1 aliphatic heterocycles. The van der Waals surface area contributed by atoms with Crippen molar-refractivity contribution in [3.63, 3.8) is 0 Å². The Hall–Kier alpha value is -2.77. The molecule has 2 aromatic heterocycles. The number of rotatable bonds is 5. The van der Waals surface area contributed by atoms with Crippen LogP contribution in [0.4, 0.5) is 43.8 Å². The SMILES string of the molecule is Cn1nc(C(F)(F)F)c(Nc2ncc(C(F)(F)F)c(N)n2)c1OCC1CCOC1. The lowest BCUT2D eigenvalue weighted by atomic mass is 10.1. The molecule has 1 aliphatic rings. The molecule has 3 heterocycles. The van der Waals surface area contributed by atoms with Gasteiger partial charge in [-0.2, -0.15) is 36.4 Å². The van der Waals surface area contributed by atoms with E-state index in [9.17, 15) is 26.3 Å². The quantitative estimate of drug-likeness (QED) is 0.709. The number of nitrogen functional groups attached to an aromatic ring is 1. The van der Waals surface area contributed by atoms with Gasteiger partial charge in [0.05, 0.1) is 13.2 Å². The first kappa shape index (κ1) is 21.0. The summed E-state index contributed by atoms with van der Waals surface area (Å²) in [5.41, 5.74) is 2.01. The molecule has 2 aromatic rings. The zero-order valence-corrected chi connectivity index (χ0v) is 14.9. The van der Waals surface area contributed by atoms with E-state index in [0.29, 0.717) is 25.8 Å². The predicted molar refractivity (Wildman–Crippen MR) is 87.4 cm³/mol. The zero-order chi connectivity index (χ0) is 21.4. The van der Waals surface area contributed by atoms with Crippen LogP contribution in [-0.4, -0.2) is 39.6 Å². The normalized spacial score (nSPS) is 17.6. The number of alkyl halides is 6. The van der Waals surface area contributed by atoms with Crippen molar-refractivity contribution < 1.29 is 35.8 Å². The number of aromatic nitrogens is 4. The molecule has 1 atom stereocenters. The fraction of sp³-hybridized carbons (Fsp3) is 0.533. The topological polar surface area (TPSA) is 100 Å². The van der Waals surface area contributed by atoms with Crippen LogP contribution < -0.4 is 15.8 Å². The van der Waals surface area contributed by atoms with Crippen LogP contribution in [0.3, 0.4) is 0 Å². The van der Waals surface area contributed by atoms with E-state index < -0.39 is 41.1 Å². The molecule has 0 radical (unpaired) electrons. The third-order valence-electron chi connectivity index (χ3n) is 4.10. The minimum absolute atomic E-state index is 0.00921. The Bertz CT molecular complexity index is 875. The number of hydrogen-bond donors (Lipinski definition) is 2. The van der Waals surface area contributed by atoms with Crippen LogP contribution in [0.5, 0.6) is 5.88 Å². The second-order valence-corrected chi connectivity index (χ2v) is 6.31. The highest BCUT2D eigenvalue weighted by Crippen LogP contribution is 2.41. The Kier molecular flexibility index (Phi) is 5.47. The molecule has 0 spiro atoms. The monoisotopic (exact) mass is 426 g/mol. The summed E-state index contributed by atoms with van der Waals surface area (Å²) in [6.45, 7) is 1.00. The van der Waals surface area contributed by atoms with Crippen molar-refractivity contribution in [3.8, 4) is 5.88 Å². The first-order chi connectivity index (χ1) is 13.5. The number of nitrogens with one attached hydrogen (secondary N) is 1. The zero-order valence-electron chi connectivity index (χ0n) is 14.9. The minimum Gasteiger partial charge on any atom is -0.476 e. The Morgan fingerprint density at radius 3 is 2.55 bits per heavy atom. The van der Waals surface area contributed by atoms with Gasteiger partial charge >= 0.3 is 12.4 Å². The highest BCUT2D eigenvalue weighted by atomic mass is 19.4. The second kappa shape index (κ2) is 7.57. The lowest BCUT2D eigenvalue weighted by Crippen LogP contribution is -2.15. The van der Waals surface area contributed by atoms with E-state index >= 15 is 0 Å². The van der Waals surface area contributed by atoms with Gasteiger partial charge in [0, 0.05) is 25.8 Å². The number of aryl methyl sites for hydroxylation is 1. The second-order valence-electron chi connectivity index (χ2n) is 6.31. The molecule has 1 unspecified atom stereocenters. The molecule has 160 valence electrons. The van der Waals surface area contributed by atoms with Gasteiger partial charge < -0.3 is 20.5 Å². The first-order valence-electron chi connectivity index (χ1n) is 8.28. The molecule has 3 N–H and O–H groups in total. The molecule has 1 saturated heterocycles. The fourth-order valence-electron chi connectivity index (χ4n) is 2.68. The third kappa shape index (κ3) is 4.63. The summed E-state index contributed by atoms with van der Waals surface area (Å²) in [7, 11) is 1.24. The summed E-state index contributed by atoms with van der Waals surface area (Å²) >= 11 is 0. The maximum absolute atomic E-state index is 13.4. The smallest absolute Gasteiger partial charge is 0.437 e. The minimum atomic E-state index is -4.87. The van der Waals surface area contributed by atoms with Crippen molar-refractivity contribution >= 4 is 17.5 Å².